The average Bonchev–Trinajstić information content (AvgIpc) is 2.37. The number of hydrogen-bond acceptors (Lipinski definition) is 4. The highest BCUT2D eigenvalue weighted by Gasteiger charge is 2.35. The van der Waals surface area contributed by atoms with Gasteiger partial charge in [0.05, 0.1) is 12.7 Å². The van der Waals surface area contributed by atoms with Gasteiger partial charge >= 0.3 is 6.18 Å². The lowest BCUT2D eigenvalue weighted by atomic mass is 10.1. The Hall–Kier alpha value is -2.45. The van der Waals surface area contributed by atoms with E-state index < -0.39 is 17.6 Å². The third-order valence-corrected chi connectivity index (χ3v) is 2.20. The molecular formula is C11H12F3N3O3. The van der Waals surface area contributed by atoms with Gasteiger partial charge in [-0.2, -0.15) is 13.2 Å². The predicted octanol–water partition coefficient (Wildman–Crippen LogP) is 1.32. The highest BCUT2D eigenvalue weighted by molar-refractivity contribution is 6.05. The van der Waals surface area contributed by atoms with Crippen molar-refractivity contribution < 1.29 is 27.5 Å². The van der Waals surface area contributed by atoms with Crippen molar-refractivity contribution in [1.29, 1.82) is 0 Å². The molecule has 0 saturated heterocycles. The molecule has 1 rings (SSSR count). The number of nitrogens with one attached hydrogen (secondary N) is 1. The Balaban J connectivity index is 3.09. The van der Waals surface area contributed by atoms with Gasteiger partial charge in [0.2, 0.25) is 5.96 Å². The third kappa shape index (κ3) is 3.77. The summed E-state index contributed by atoms with van der Waals surface area (Å²) in [5, 5.41) is 5.28. The molecule has 0 aliphatic heterocycles. The molecule has 0 unspecified atom stereocenters. The Morgan fingerprint density at radius 1 is 1.35 bits per heavy atom. The van der Waals surface area contributed by atoms with Gasteiger partial charge < -0.3 is 15.3 Å². The summed E-state index contributed by atoms with van der Waals surface area (Å²) >= 11 is 0. The Bertz CT molecular complexity index is 529. The van der Waals surface area contributed by atoms with Crippen molar-refractivity contribution in [1.82, 2.24) is 5.32 Å². The van der Waals surface area contributed by atoms with Crippen LogP contribution in [0.4, 0.5) is 13.2 Å². The van der Waals surface area contributed by atoms with Crippen molar-refractivity contribution >= 4 is 11.9 Å². The van der Waals surface area contributed by atoms with E-state index in [1.165, 1.54) is 13.2 Å². The number of methoxy groups -OCH3 is 1. The SMILES string of the molecule is CON=C(N)NC(=O)c1ccc(OC)c(C(F)(F)F)c1. The maximum atomic E-state index is 12.8. The minimum Gasteiger partial charge on any atom is -0.496 e. The van der Waals surface area contributed by atoms with Gasteiger partial charge in [-0.25, -0.2) is 0 Å². The molecule has 0 radical (unpaired) electrons. The molecule has 0 saturated carbocycles. The fourth-order valence-electron chi connectivity index (χ4n) is 1.38. The number of nitrogens with zero attached hydrogens (tertiary/aromatic N) is 1. The van der Waals surface area contributed by atoms with Gasteiger partial charge in [0.1, 0.15) is 12.9 Å². The smallest absolute Gasteiger partial charge is 0.419 e. The van der Waals surface area contributed by atoms with Crippen LogP contribution in [0, 0.1) is 0 Å². The second-order valence-electron chi connectivity index (χ2n) is 3.53. The molecule has 0 fully saturated rings. The molecule has 110 valence electrons. The molecule has 0 aliphatic carbocycles. The summed E-state index contributed by atoms with van der Waals surface area (Å²) in [7, 11) is 2.31. The van der Waals surface area contributed by atoms with E-state index in [0.29, 0.717) is 6.07 Å². The minimum atomic E-state index is -4.65. The number of amides is 1. The van der Waals surface area contributed by atoms with Gasteiger partial charge in [0.15, 0.2) is 0 Å². The third-order valence-electron chi connectivity index (χ3n) is 2.20. The molecule has 20 heavy (non-hydrogen) atoms. The molecular weight excluding hydrogens is 279 g/mol. The van der Waals surface area contributed by atoms with E-state index in [1.54, 1.807) is 0 Å². The van der Waals surface area contributed by atoms with Crippen LogP contribution in [0.2, 0.25) is 0 Å². The van der Waals surface area contributed by atoms with E-state index in [4.69, 9.17) is 5.73 Å². The molecule has 0 spiro atoms. The summed E-state index contributed by atoms with van der Waals surface area (Å²) in [6, 6.07) is 2.87. The number of alkyl halides is 3. The number of carbonyl (C=O) groups is 1. The van der Waals surface area contributed by atoms with Gasteiger partial charge in [-0.15, -0.1) is 0 Å². The number of ether oxygens (including phenoxy) is 1. The zero-order valence-electron chi connectivity index (χ0n) is 10.6. The molecule has 6 nitrogen and oxygen atoms in total. The predicted molar refractivity (Wildman–Crippen MR) is 64.1 cm³/mol. The Morgan fingerprint density at radius 2 is 2.00 bits per heavy atom. The van der Waals surface area contributed by atoms with Crippen molar-refractivity contribution in [2.24, 2.45) is 10.9 Å². The summed E-state index contributed by atoms with van der Waals surface area (Å²) < 4.78 is 43.0. The molecule has 0 bridgehead atoms. The Morgan fingerprint density at radius 3 is 2.50 bits per heavy atom. The van der Waals surface area contributed by atoms with Gasteiger partial charge in [-0.1, -0.05) is 0 Å². The lowest BCUT2D eigenvalue weighted by molar-refractivity contribution is -0.138. The second kappa shape index (κ2) is 6.13. The van der Waals surface area contributed by atoms with Crippen molar-refractivity contribution in [2.75, 3.05) is 14.2 Å². The van der Waals surface area contributed by atoms with Crippen LogP contribution < -0.4 is 15.8 Å². The average molecular weight is 291 g/mol. The van der Waals surface area contributed by atoms with Crippen molar-refractivity contribution in [3.8, 4) is 5.75 Å². The molecule has 9 heteroatoms. The fourth-order valence-corrected chi connectivity index (χ4v) is 1.38. The van der Waals surface area contributed by atoms with Crippen LogP contribution in [-0.4, -0.2) is 26.1 Å². The van der Waals surface area contributed by atoms with Crippen LogP contribution in [0.3, 0.4) is 0 Å². The highest BCUT2D eigenvalue weighted by atomic mass is 19.4. The normalized spacial score (nSPS) is 11.9. The molecule has 1 aromatic carbocycles. The van der Waals surface area contributed by atoms with E-state index in [-0.39, 0.29) is 17.3 Å². The summed E-state index contributed by atoms with van der Waals surface area (Å²) in [5.74, 6) is -1.61. The molecule has 1 amide bonds. The summed E-state index contributed by atoms with van der Waals surface area (Å²) in [6.45, 7) is 0. The summed E-state index contributed by atoms with van der Waals surface area (Å²) in [4.78, 5) is 16.0. The first kappa shape index (κ1) is 15.6. The van der Waals surface area contributed by atoms with Crippen molar-refractivity contribution in [3.63, 3.8) is 0 Å². The van der Waals surface area contributed by atoms with Gasteiger partial charge in [-0.3, -0.25) is 10.1 Å². The molecule has 0 aromatic heterocycles. The van der Waals surface area contributed by atoms with Crippen LogP contribution >= 0.6 is 0 Å². The number of hydrogen-bond donors (Lipinski definition) is 2. The standard InChI is InChI=1S/C11H12F3N3O3/c1-19-8-4-3-6(5-7(8)11(12,13)14)9(18)16-10(15)17-20-2/h3-5H,1-2H3,(H3,15,16,17,18). The van der Waals surface area contributed by atoms with E-state index in [2.05, 4.69) is 20.0 Å². The van der Waals surface area contributed by atoms with E-state index >= 15 is 0 Å². The highest BCUT2D eigenvalue weighted by Crippen LogP contribution is 2.36. The number of oxime groups is 1. The quantitative estimate of drug-likeness (QED) is 0.499. The first-order chi connectivity index (χ1) is 9.29. The summed E-state index contributed by atoms with van der Waals surface area (Å²) in [5.41, 5.74) is 3.95. The maximum absolute atomic E-state index is 12.8. The van der Waals surface area contributed by atoms with E-state index in [9.17, 15) is 18.0 Å². The van der Waals surface area contributed by atoms with Crippen LogP contribution in [0.1, 0.15) is 15.9 Å². The number of carbonyl (C=O) groups excluding carboxylic acids is 1. The molecule has 0 atom stereocenters. The number of benzene rings is 1. The molecule has 3 N–H and O–H groups in total. The van der Waals surface area contributed by atoms with Crippen LogP contribution in [-0.2, 0) is 11.0 Å². The Kier molecular flexibility index (Phi) is 4.78. The topological polar surface area (TPSA) is 85.9 Å². The summed E-state index contributed by atoms with van der Waals surface area (Å²) in [6.07, 6.45) is -4.65. The number of halogens is 3. The zero-order valence-corrected chi connectivity index (χ0v) is 10.6. The second-order valence-corrected chi connectivity index (χ2v) is 3.53. The lowest BCUT2D eigenvalue weighted by Crippen LogP contribution is -2.36. The number of guanidine groups is 1. The molecule has 0 aliphatic rings. The van der Waals surface area contributed by atoms with Gasteiger partial charge in [0.25, 0.3) is 5.91 Å². The van der Waals surface area contributed by atoms with E-state index in [0.717, 1.165) is 13.2 Å². The number of nitrogens with two attached hydrogens (primary N) is 1. The fraction of sp³-hybridized carbons (Fsp3) is 0.273. The lowest BCUT2D eigenvalue weighted by Gasteiger charge is -2.13. The largest absolute Gasteiger partial charge is 0.496 e. The van der Waals surface area contributed by atoms with E-state index in [1.807, 2.05) is 0 Å². The first-order valence-corrected chi connectivity index (χ1v) is 5.22. The molecule has 1 aromatic rings. The van der Waals surface area contributed by atoms with Crippen LogP contribution in [0.15, 0.2) is 23.4 Å². The number of rotatable bonds is 3. The Labute approximate surface area is 112 Å². The van der Waals surface area contributed by atoms with Crippen LogP contribution in [0.25, 0.3) is 0 Å². The van der Waals surface area contributed by atoms with Crippen molar-refractivity contribution in [3.05, 3.63) is 29.3 Å². The van der Waals surface area contributed by atoms with Gasteiger partial charge in [-0.05, 0) is 23.4 Å². The van der Waals surface area contributed by atoms with Gasteiger partial charge in [0, 0.05) is 5.56 Å². The zero-order chi connectivity index (χ0) is 15.3. The molecule has 0 heterocycles. The maximum Gasteiger partial charge on any atom is 0.419 e. The monoisotopic (exact) mass is 291 g/mol. The van der Waals surface area contributed by atoms with Crippen LogP contribution in [0.5, 0.6) is 5.75 Å². The minimum absolute atomic E-state index is 0.243. The first-order valence-electron chi connectivity index (χ1n) is 5.22. The van der Waals surface area contributed by atoms with Crippen molar-refractivity contribution in [2.45, 2.75) is 6.18 Å².